The van der Waals surface area contributed by atoms with Crippen LogP contribution in [0.15, 0.2) is 60.9 Å². The van der Waals surface area contributed by atoms with Gasteiger partial charge in [-0.1, -0.05) is 24.3 Å². The van der Waals surface area contributed by atoms with Gasteiger partial charge in [-0.25, -0.2) is 4.79 Å². The summed E-state index contributed by atoms with van der Waals surface area (Å²) in [4.78, 5) is 18.1. The van der Waals surface area contributed by atoms with Crippen LogP contribution in [0.3, 0.4) is 0 Å². The summed E-state index contributed by atoms with van der Waals surface area (Å²) in [6.45, 7) is 1.99. The first-order valence-electron chi connectivity index (χ1n) is 11.1. The van der Waals surface area contributed by atoms with Gasteiger partial charge in [-0.3, -0.25) is 4.98 Å². The third kappa shape index (κ3) is 3.93. The molecule has 0 bridgehead atoms. The lowest BCUT2D eigenvalue weighted by molar-refractivity contribution is 0.0695. The Kier molecular flexibility index (Phi) is 5.43. The molecule has 31 heavy (non-hydrogen) atoms. The van der Waals surface area contributed by atoms with Crippen molar-refractivity contribution in [3.05, 3.63) is 88.7 Å². The fraction of sp³-hybridized carbons (Fsp3) is 0.308. The standard InChI is InChI=1S/C26H27N3O2/c30-26(31)23-12-13-27-17-20(23)7-10-24-22-9-8-21(16-19(22)11-14-28-24)29-15-3-5-18-4-1-2-6-25(18)29/h1-2,4,6,8-9,12-13,16-17,24,28H,3,5,7,10-11,14-15H2,(H,30,31)/t24-/m1/s1. The number of hydrogen-bond acceptors (Lipinski definition) is 4. The number of aryl methyl sites for hydroxylation is 2. The lowest BCUT2D eigenvalue weighted by atomic mass is 9.89. The minimum atomic E-state index is -0.888. The number of nitrogens with one attached hydrogen (secondary N) is 1. The number of aromatic nitrogens is 1. The molecular weight excluding hydrogens is 386 g/mol. The average molecular weight is 414 g/mol. The number of fused-ring (bicyclic) bond motifs is 2. The van der Waals surface area contributed by atoms with Crippen LogP contribution in [0.5, 0.6) is 0 Å². The van der Waals surface area contributed by atoms with Crippen molar-refractivity contribution < 1.29 is 9.90 Å². The molecule has 1 atom stereocenters. The maximum absolute atomic E-state index is 11.5. The van der Waals surface area contributed by atoms with Gasteiger partial charge in [0, 0.05) is 36.4 Å². The molecule has 2 aliphatic rings. The van der Waals surface area contributed by atoms with Gasteiger partial charge in [-0.05, 0) is 85.2 Å². The number of anilines is 2. The Bertz CT molecular complexity index is 1110. The van der Waals surface area contributed by atoms with Gasteiger partial charge in [-0.15, -0.1) is 0 Å². The number of pyridine rings is 1. The van der Waals surface area contributed by atoms with Gasteiger partial charge in [0.05, 0.1) is 5.56 Å². The molecule has 1 aromatic heterocycles. The number of carboxylic acid groups (broad SMARTS) is 1. The average Bonchev–Trinajstić information content (AvgIpc) is 2.82. The Hall–Kier alpha value is -3.18. The number of carboxylic acids is 1. The van der Waals surface area contributed by atoms with Crippen molar-refractivity contribution in [3.63, 3.8) is 0 Å². The lowest BCUT2D eigenvalue weighted by Gasteiger charge is -2.33. The second kappa shape index (κ2) is 8.52. The van der Waals surface area contributed by atoms with E-state index in [1.807, 2.05) is 0 Å². The monoisotopic (exact) mass is 413 g/mol. The lowest BCUT2D eigenvalue weighted by Crippen LogP contribution is -2.31. The van der Waals surface area contributed by atoms with E-state index in [-0.39, 0.29) is 6.04 Å². The second-order valence-corrected chi connectivity index (χ2v) is 8.40. The molecule has 0 saturated carbocycles. The first-order valence-corrected chi connectivity index (χ1v) is 11.1. The molecule has 0 saturated heterocycles. The van der Waals surface area contributed by atoms with Gasteiger partial charge in [0.15, 0.2) is 0 Å². The van der Waals surface area contributed by atoms with Crippen LogP contribution >= 0.6 is 0 Å². The van der Waals surface area contributed by atoms with Crippen LogP contribution in [0, 0.1) is 0 Å². The fourth-order valence-corrected chi connectivity index (χ4v) is 5.00. The molecule has 3 aromatic rings. The van der Waals surface area contributed by atoms with E-state index >= 15 is 0 Å². The highest BCUT2D eigenvalue weighted by Gasteiger charge is 2.23. The SMILES string of the molecule is O=C(O)c1ccncc1CC[C@H]1NCCc2cc(N3CCCc4ccccc43)ccc21. The third-order valence-corrected chi connectivity index (χ3v) is 6.55. The quantitative estimate of drug-likeness (QED) is 0.636. The number of rotatable bonds is 5. The Morgan fingerprint density at radius 2 is 2.03 bits per heavy atom. The third-order valence-electron chi connectivity index (χ3n) is 6.55. The highest BCUT2D eigenvalue weighted by Crippen LogP contribution is 2.36. The van der Waals surface area contributed by atoms with Gasteiger partial charge >= 0.3 is 5.97 Å². The number of benzene rings is 2. The normalized spacial score (nSPS) is 17.7. The van der Waals surface area contributed by atoms with E-state index in [2.05, 4.69) is 57.7 Å². The molecule has 2 aliphatic heterocycles. The molecule has 0 radical (unpaired) electrons. The molecule has 2 N–H and O–H groups in total. The van der Waals surface area contributed by atoms with Crippen LogP contribution in [0.25, 0.3) is 0 Å². The molecule has 0 amide bonds. The summed E-state index contributed by atoms with van der Waals surface area (Å²) in [7, 11) is 0. The minimum absolute atomic E-state index is 0.230. The van der Waals surface area contributed by atoms with E-state index < -0.39 is 5.97 Å². The number of carbonyl (C=O) groups is 1. The number of nitrogens with zero attached hydrogens (tertiary/aromatic N) is 2. The summed E-state index contributed by atoms with van der Waals surface area (Å²) in [5.74, 6) is -0.888. The Balaban J connectivity index is 1.38. The Morgan fingerprint density at radius 1 is 1.13 bits per heavy atom. The summed E-state index contributed by atoms with van der Waals surface area (Å²) in [6.07, 6.45) is 8.11. The van der Waals surface area contributed by atoms with Crippen molar-refractivity contribution in [3.8, 4) is 0 Å². The smallest absolute Gasteiger partial charge is 0.336 e. The topological polar surface area (TPSA) is 65.5 Å². The summed E-state index contributed by atoms with van der Waals surface area (Å²) < 4.78 is 0. The molecule has 0 fully saturated rings. The highest BCUT2D eigenvalue weighted by molar-refractivity contribution is 5.89. The van der Waals surface area contributed by atoms with Crippen LogP contribution in [0.4, 0.5) is 11.4 Å². The first-order chi connectivity index (χ1) is 15.2. The van der Waals surface area contributed by atoms with Crippen molar-refractivity contribution in [2.45, 2.75) is 38.1 Å². The maximum atomic E-state index is 11.5. The predicted octanol–water partition coefficient (Wildman–Crippen LogP) is 4.68. The predicted molar refractivity (Wildman–Crippen MR) is 122 cm³/mol. The zero-order valence-corrected chi connectivity index (χ0v) is 17.6. The van der Waals surface area contributed by atoms with E-state index in [1.165, 1.54) is 34.5 Å². The molecule has 158 valence electrons. The van der Waals surface area contributed by atoms with Gasteiger partial charge in [0.25, 0.3) is 0 Å². The number of hydrogen-bond donors (Lipinski definition) is 2. The van der Waals surface area contributed by atoms with Crippen LogP contribution in [0.1, 0.15) is 51.5 Å². The van der Waals surface area contributed by atoms with Crippen molar-refractivity contribution in [1.82, 2.24) is 10.3 Å². The molecule has 5 nitrogen and oxygen atoms in total. The molecule has 2 aromatic carbocycles. The van der Waals surface area contributed by atoms with E-state index in [1.54, 1.807) is 18.5 Å². The number of para-hydroxylation sites is 1. The molecule has 0 aliphatic carbocycles. The van der Waals surface area contributed by atoms with Crippen LogP contribution in [-0.4, -0.2) is 29.1 Å². The van der Waals surface area contributed by atoms with Crippen molar-refractivity contribution in [2.75, 3.05) is 18.0 Å². The molecule has 0 unspecified atom stereocenters. The van der Waals surface area contributed by atoms with Crippen LogP contribution in [-0.2, 0) is 19.3 Å². The van der Waals surface area contributed by atoms with E-state index in [4.69, 9.17) is 0 Å². The summed E-state index contributed by atoms with van der Waals surface area (Å²) >= 11 is 0. The van der Waals surface area contributed by atoms with E-state index in [0.29, 0.717) is 12.0 Å². The van der Waals surface area contributed by atoms with Crippen molar-refractivity contribution in [1.29, 1.82) is 0 Å². The largest absolute Gasteiger partial charge is 0.478 e. The maximum Gasteiger partial charge on any atom is 0.336 e. The zero-order chi connectivity index (χ0) is 21.2. The van der Waals surface area contributed by atoms with Gasteiger partial charge in [0.1, 0.15) is 0 Å². The summed E-state index contributed by atoms with van der Waals surface area (Å²) in [5.41, 5.74) is 7.91. The summed E-state index contributed by atoms with van der Waals surface area (Å²) in [6, 6.07) is 17.4. The molecule has 3 heterocycles. The second-order valence-electron chi connectivity index (χ2n) is 8.40. The van der Waals surface area contributed by atoms with Crippen molar-refractivity contribution in [2.24, 2.45) is 0 Å². The molecule has 5 rings (SSSR count). The van der Waals surface area contributed by atoms with Crippen molar-refractivity contribution >= 4 is 17.3 Å². The minimum Gasteiger partial charge on any atom is -0.478 e. The fourth-order valence-electron chi connectivity index (χ4n) is 5.00. The van der Waals surface area contributed by atoms with Crippen LogP contribution < -0.4 is 10.2 Å². The number of aromatic carboxylic acids is 1. The zero-order valence-electron chi connectivity index (χ0n) is 17.6. The summed E-state index contributed by atoms with van der Waals surface area (Å²) in [5, 5.41) is 13.1. The highest BCUT2D eigenvalue weighted by atomic mass is 16.4. The first kappa shape index (κ1) is 19.8. The molecule has 0 spiro atoms. The Morgan fingerprint density at radius 3 is 2.94 bits per heavy atom. The van der Waals surface area contributed by atoms with Gasteiger partial charge in [0.2, 0.25) is 0 Å². The van der Waals surface area contributed by atoms with Gasteiger partial charge < -0.3 is 15.3 Å². The van der Waals surface area contributed by atoms with Crippen LogP contribution in [0.2, 0.25) is 0 Å². The molecule has 5 heteroatoms. The Labute approximate surface area is 182 Å². The van der Waals surface area contributed by atoms with E-state index in [9.17, 15) is 9.90 Å². The van der Waals surface area contributed by atoms with E-state index in [0.717, 1.165) is 37.9 Å². The molecular formula is C26H27N3O2. The van der Waals surface area contributed by atoms with Gasteiger partial charge in [-0.2, -0.15) is 0 Å².